The Morgan fingerprint density at radius 3 is 2.24 bits per heavy atom. The molecule has 0 aliphatic carbocycles. The van der Waals surface area contributed by atoms with E-state index < -0.39 is 5.97 Å². The van der Waals surface area contributed by atoms with Crippen LogP contribution in [-0.4, -0.2) is 37.4 Å². The van der Waals surface area contributed by atoms with Crippen LogP contribution in [-0.2, 0) is 9.53 Å². The average Bonchev–Trinajstić information content (AvgIpc) is 2.75. The summed E-state index contributed by atoms with van der Waals surface area (Å²) in [5.41, 5.74) is 1.60. The maximum Gasteiger partial charge on any atom is 0.336 e. The number of rotatable bonds is 12. The van der Waals surface area contributed by atoms with Crippen LogP contribution in [0.4, 0.5) is 0 Å². The number of methoxy groups -OCH3 is 1. The molecule has 0 bridgehead atoms. The van der Waals surface area contributed by atoms with Crippen molar-refractivity contribution in [2.24, 2.45) is 0 Å². The van der Waals surface area contributed by atoms with Gasteiger partial charge in [-0.2, -0.15) is 0 Å². The van der Waals surface area contributed by atoms with Crippen LogP contribution in [0.25, 0.3) is 11.1 Å². The van der Waals surface area contributed by atoms with Crippen molar-refractivity contribution in [2.45, 2.75) is 25.7 Å². The van der Waals surface area contributed by atoms with Crippen molar-refractivity contribution in [3.05, 3.63) is 60.7 Å². The summed E-state index contributed by atoms with van der Waals surface area (Å²) >= 11 is 0. The summed E-state index contributed by atoms with van der Waals surface area (Å²) in [6.45, 7) is 4.35. The molecule has 6 nitrogen and oxygen atoms in total. The highest BCUT2D eigenvalue weighted by Crippen LogP contribution is 2.29. The van der Waals surface area contributed by atoms with E-state index in [4.69, 9.17) is 14.2 Å². The van der Waals surface area contributed by atoms with Gasteiger partial charge in [0.2, 0.25) is 0 Å². The second-order valence-corrected chi connectivity index (χ2v) is 6.38. The first-order valence-corrected chi connectivity index (χ1v) is 9.49. The minimum absolute atomic E-state index is 0.221. The molecule has 0 amide bonds. The zero-order valence-electron chi connectivity index (χ0n) is 16.6. The fraction of sp³-hybridized carbons (Fsp3) is 0.304. The number of hydrogen-bond donors (Lipinski definition) is 1. The van der Waals surface area contributed by atoms with Crippen molar-refractivity contribution in [3.8, 4) is 22.6 Å². The minimum atomic E-state index is -0.984. The maximum atomic E-state index is 11.5. The smallest absolute Gasteiger partial charge is 0.336 e. The number of carbonyl (C=O) groups is 2. The Morgan fingerprint density at radius 1 is 0.966 bits per heavy atom. The first kappa shape index (κ1) is 22.0. The predicted octanol–water partition coefficient (Wildman–Crippen LogP) is 4.73. The molecule has 0 saturated heterocycles. The summed E-state index contributed by atoms with van der Waals surface area (Å²) in [6, 6.07) is 12.2. The number of benzene rings is 2. The summed E-state index contributed by atoms with van der Waals surface area (Å²) < 4.78 is 15.9. The molecule has 2 aromatic carbocycles. The van der Waals surface area contributed by atoms with Gasteiger partial charge in [-0.05, 0) is 67.1 Å². The van der Waals surface area contributed by atoms with Crippen LogP contribution in [0.5, 0.6) is 11.5 Å². The Balaban J connectivity index is 1.81. The lowest BCUT2D eigenvalue weighted by Gasteiger charge is -2.10. The lowest BCUT2D eigenvalue weighted by atomic mass is 9.99. The lowest BCUT2D eigenvalue weighted by Crippen LogP contribution is -2.02. The van der Waals surface area contributed by atoms with Crippen LogP contribution in [0, 0.1) is 0 Å². The summed E-state index contributed by atoms with van der Waals surface area (Å²) in [5.74, 6) is -0.0403. The Labute approximate surface area is 170 Å². The van der Waals surface area contributed by atoms with E-state index in [0.29, 0.717) is 24.5 Å². The second-order valence-electron chi connectivity index (χ2n) is 6.38. The van der Waals surface area contributed by atoms with E-state index in [0.717, 1.165) is 43.1 Å². The van der Waals surface area contributed by atoms with Crippen LogP contribution in [0.3, 0.4) is 0 Å². The van der Waals surface area contributed by atoms with Crippen LogP contribution in [0.2, 0.25) is 0 Å². The van der Waals surface area contributed by atoms with Crippen molar-refractivity contribution >= 4 is 11.9 Å². The molecular weight excluding hydrogens is 372 g/mol. The van der Waals surface area contributed by atoms with E-state index in [1.165, 1.54) is 0 Å². The summed E-state index contributed by atoms with van der Waals surface area (Å²) in [5, 5.41) is 9.41. The molecule has 1 N–H and O–H groups in total. The van der Waals surface area contributed by atoms with Gasteiger partial charge in [-0.15, -0.1) is 0 Å². The molecule has 0 heterocycles. The Bertz CT molecular complexity index is 826. The first-order chi connectivity index (χ1) is 14.0. The predicted molar refractivity (Wildman–Crippen MR) is 111 cm³/mol. The molecule has 0 atom stereocenters. The van der Waals surface area contributed by atoms with Gasteiger partial charge >= 0.3 is 11.9 Å². The van der Waals surface area contributed by atoms with E-state index >= 15 is 0 Å². The van der Waals surface area contributed by atoms with Gasteiger partial charge in [-0.25, -0.2) is 9.59 Å². The monoisotopic (exact) mass is 398 g/mol. The summed E-state index contributed by atoms with van der Waals surface area (Å²) in [4.78, 5) is 22.4. The van der Waals surface area contributed by atoms with Crippen molar-refractivity contribution in [2.75, 3.05) is 20.3 Å². The lowest BCUT2D eigenvalue weighted by molar-refractivity contribution is -0.137. The Hall–Kier alpha value is -3.28. The van der Waals surface area contributed by atoms with Crippen LogP contribution in [0.1, 0.15) is 36.0 Å². The molecule has 29 heavy (non-hydrogen) atoms. The van der Waals surface area contributed by atoms with Gasteiger partial charge in [0.05, 0.1) is 25.9 Å². The molecular formula is C23H26O6. The second kappa shape index (κ2) is 11.5. The molecule has 0 aliphatic heterocycles. The van der Waals surface area contributed by atoms with Gasteiger partial charge in [0.25, 0.3) is 0 Å². The van der Waals surface area contributed by atoms with Crippen LogP contribution in [0.15, 0.2) is 55.1 Å². The van der Waals surface area contributed by atoms with Crippen molar-refractivity contribution in [1.29, 1.82) is 0 Å². The summed E-state index contributed by atoms with van der Waals surface area (Å²) in [6.07, 6.45) is 4.82. The number of hydrogen-bond acceptors (Lipinski definition) is 5. The number of esters is 1. The topological polar surface area (TPSA) is 82.1 Å². The maximum absolute atomic E-state index is 11.5. The van der Waals surface area contributed by atoms with E-state index in [-0.39, 0.29) is 11.5 Å². The zero-order valence-corrected chi connectivity index (χ0v) is 16.6. The molecule has 2 aromatic rings. The Kier molecular flexibility index (Phi) is 8.76. The fourth-order valence-electron chi connectivity index (χ4n) is 2.79. The Morgan fingerprint density at radius 2 is 1.62 bits per heavy atom. The number of carboxylic acid groups (broad SMARTS) is 1. The molecule has 154 valence electrons. The molecule has 0 aliphatic rings. The highest BCUT2D eigenvalue weighted by atomic mass is 16.5. The van der Waals surface area contributed by atoms with E-state index in [9.17, 15) is 14.7 Å². The quantitative estimate of drug-likeness (QED) is 0.316. The van der Waals surface area contributed by atoms with Crippen LogP contribution < -0.4 is 9.47 Å². The first-order valence-electron chi connectivity index (χ1n) is 9.49. The number of carbonyl (C=O) groups excluding carboxylic acids is 1. The van der Waals surface area contributed by atoms with Gasteiger partial charge in [0, 0.05) is 6.08 Å². The van der Waals surface area contributed by atoms with Gasteiger partial charge in [0.15, 0.2) is 0 Å². The molecule has 6 heteroatoms. The number of carboxylic acids is 1. The van der Waals surface area contributed by atoms with Crippen molar-refractivity contribution in [3.63, 3.8) is 0 Å². The molecule has 0 unspecified atom stereocenters. The fourth-order valence-corrected chi connectivity index (χ4v) is 2.79. The van der Waals surface area contributed by atoms with Crippen molar-refractivity contribution in [1.82, 2.24) is 0 Å². The molecule has 0 aromatic heterocycles. The minimum Gasteiger partial charge on any atom is -0.497 e. The number of aromatic carboxylic acids is 1. The zero-order chi connectivity index (χ0) is 21.1. The molecule has 0 spiro atoms. The SMILES string of the molecule is C=CC(=O)OCCCCCCOc1ccc(-c2cc(OC)ccc2C(=O)O)cc1. The third-order valence-corrected chi connectivity index (χ3v) is 4.34. The average molecular weight is 398 g/mol. The van der Waals surface area contributed by atoms with E-state index in [2.05, 4.69) is 6.58 Å². The highest BCUT2D eigenvalue weighted by Gasteiger charge is 2.13. The van der Waals surface area contributed by atoms with Crippen LogP contribution >= 0.6 is 0 Å². The molecule has 0 saturated carbocycles. The molecule has 0 fully saturated rings. The third-order valence-electron chi connectivity index (χ3n) is 4.34. The molecule has 0 radical (unpaired) electrons. The largest absolute Gasteiger partial charge is 0.497 e. The summed E-state index contributed by atoms with van der Waals surface area (Å²) in [7, 11) is 1.55. The third kappa shape index (κ3) is 6.99. The van der Waals surface area contributed by atoms with E-state index in [1.54, 1.807) is 25.3 Å². The van der Waals surface area contributed by atoms with Crippen molar-refractivity contribution < 1.29 is 28.9 Å². The number of ether oxygens (including phenoxy) is 3. The van der Waals surface area contributed by atoms with Gasteiger partial charge < -0.3 is 19.3 Å². The van der Waals surface area contributed by atoms with Gasteiger partial charge in [0.1, 0.15) is 11.5 Å². The number of unbranched alkanes of at least 4 members (excludes halogenated alkanes) is 3. The van der Waals surface area contributed by atoms with Gasteiger partial charge in [-0.1, -0.05) is 18.7 Å². The normalized spacial score (nSPS) is 10.2. The standard InChI is InChI=1S/C23H26O6/c1-3-22(24)29-15-7-5-4-6-14-28-18-10-8-17(9-11-18)21-16-19(27-2)12-13-20(21)23(25)26/h3,8-13,16H,1,4-7,14-15H2,2H3,(H,25,26). The van der Waals surface area contributed by atoms with E-state index in [1.807, 2.05) is 24.3 Å². The highest BCUT2D eigenvalue weighted by molar-refractivity contribution is 5.96. The van der Waals surface area contributed by atoms with Gasteiger partial charge in [-0.3, -0.25) is 0 Å². The molecule has 2 rings (SSSR count).